The molecule has 7 nitrogen and oxygen atoms in total. The van der Waals surface area contributed by atoms with Crippen LogP contribution in [0.1, 0.15) is 27.3 Å². The predicted octanol–water partition coefficient (Wildman–Crippen LogP) is 5.18. The number of allylic oxidation sites excluding steroid dienone is 2. The van der Waals surface area contributed by atoms with E-state index in [1.165, 1.54) is 17.7 Å². The molecule has 5 rings (SSSR count). The highest BCUT2D eigenvalue weighted by molar-refractivity contribution is 6.30. The Bertz CT molecular complexity index is 1370. The van der Waals surface area contributed by atoms with Crippen molar-refractivity contribution in [1.29, 1.82) is 0 Å². The molecule has 11 heteroatoms. The van der Waals surface area contributed by atoms with E-state index >= 15 is 0 Å². The van der Waals surface area contributed by atoms with Crippen LogP contribution in [-0.2, 0) is 19.3 Å². The fraction of sp³-hybridized carbons (Fsp3) is 0.321. The van der Waals surface area contributed by atoms with Gasteiger partial charge < -0.3 is 9.80 Å². The Balaban J connectivity index is 1.24. The highest BCUT2D eigenvalue weighted by Crippen LogP contribution is 2.31. The number of rotatable bonds is 6. The van der Waals surface area contributed by atoms with Crippen LogP contribution < -0.4 is 4.90 Å². The molecule has 0 bridgehead atoms. The second-order valence-electron chi connectivity index (χ2n) is 9.68. The molecule has 1 aromatic heterocycles. The van der Waals surface area contributed by atoms with Gasteiger partial charge in [0.1, 0.15) is 5.69 Å². The summed E-state index contributed by atoms with van der Waals surface area (Å²) in [6.45, 7) is 6.11. The molecule has 3 heterocycles. The minimum atomic E-state index is -4.38. The van der Waals surface area contributed by atoms with Gasteiger partial charge in [-0.05, 0) is 54.5 Å². The summed E-state index contributed by atoms with van der Waals surface area (Å²) in [6.07, 6.45) is 1.35. The van der Waals surface area contributed by atoms with Crippen molar-refractivity contribution in [3.05, 3.63) is 100.0 Å². The lowest BCUT2D eigenvalue weighted by Gasteiger charge is -2.34. The molecule has 1 amide bonds. The monoisotopic (exact) mass is 556 g/mol. The zero-order valence-corrected chi connectivity index (χ0v) is 22.2. The maximum atomic E-state index is 13.5. The lowest BCUT2D eigenvalue weighted by Crippen LogP contribution is -2.48. The van der Waals surface area contributed by atoms with Crippen LogP contribution in [0, 0.1) is 6.92 Å². The second-order valence-corrected chi connectivity index (χ2v) is 10.1. The Morgan fingerprint density at radius 2 is 1.67 bits per heavy atom. The van der Waals surface area contributed by atoms with E-state index in [-0.39, 0.29) is 5.91 Å². The maximum absolute atomic E-state index is 13.5. The van der Waals surface area contributed by atoms with Gasteiger partial charge >= 0.3 is 6.18 Å². The number of aromatic nitrogens is 3. The smallest absolute Gasteiger partial charge is 0.344 e. The number of amides is 1. The van der Waals surface area contributed by atoms with Crippen LogP contribution in [0.15, 0.2) is 72.5 Å². The lowest BCUT2D eigenvalue weighted by atomic mass is 10.1. The Morgan fingerprint density at radius 3 is 2.33 bits per heavy atom. The number of aryl methyl sites for hydroxylation is 1. The van der Waals surface area contributed by atoms with Gasteiger partial charge in [-0.15, -0.1) is 5.10 Å². The normalized spacial score (nSPS) is 16.5. The molecular formula is C28H28ClF3N6O. The number of hydrogen-bond acceptors (Lipinski definition) is 5. The summed E-state index contributed by atoms with van der Waals surface area (Å²) in [5.74, 6) is -0.108. The van der Waals surface area contributed by atoms with E-state index in [1.54, 1.807) is 11.6 Å². The van der Waals surface area contributed by atoms with E-state index in [2.05, 4.69) is 15.2 Å². The van der Waals surface area contributed by atoms with Crippen molar-refractivity contribution < 1.29 is 18.0 Å². The second kappa shape index (κ2) is 11.2. The number of anilines is 1. The van der Waals surface area contributed by atoms with Gasteiger partial charge in [-0.1, -0.05) is 41.1 Å². The Morgan fingerprint density at radius 1 is 0.974 bits per heavy atom. The molecule has 0 spiro atoms. The minimum Gasteiger partial charge on any atom is -0.344 e. The molecule has 39 heavy (non-hydrogen) atoms. The van der Waals surface area contributed by atoms with Crippen molar-refractivity contribution >= 4 is 23.2 Å². The molecule has 3 aromatic rings. The number of piperazine rings is 1. The summed E-state index contributed by atoms with van der Waals surface area (Å²) in [7, 11) is 0. The highest BCUT2D eigenvalue weighted by Gasteiger charge is 2.30. The summed E-state index contributed by atoms with van der Waals surface area (Å²) in [6, 6.07) is 12.9. The fourth-order valence-electron chi connectivity index (χ4n) is 4.78. The highest BCUT2D eigenvalue weighted by atomic mass is 35.5. The van der Waals surface area contributed by atoms with Gasteiger partial charge in [0.2, 0.25) is 0 Å². The van der Waals surface area contributed by atoms with Crippen LogP contribution in [0.25, 0.3) is 0 Å². The summed E-state index contributed by atoms with van der Waals surface area (Å²) in [4.78, 5) is 19.5. The zero-order chi connectivity index (χ0) is 27.6. The lowest BCUT2D eigenvalue weighted by molar-refractivity contribution is -0.137. The molecule has 0 aliphatic carbocycles. The first-order valence-corrected chi connectivity index (χ1v) is 13.0. The third-order valence-electron chi connectivity index (χ3n) is 6.90. The van der Waals surface area contributed by atoms with E-state index in [0.717, 1.165) is 37.3 Å². The molecule has 0 N–H and O–H groups in total. The van der Waals surface area contributed by atoms with Crippen molar-refractivity contribution in [1.82, 2.24) is 24.8 Å². The Hall–Kier alpha value is -3.63. The molecule has 0 atom stereocenters. The van der Waals surface area contributed by atoms with Crippen LogP contribution in [0.2, 0.25) is 5.02 Å². The molecule has 2 aromatic carbocycles. The average molecular weight is 557 g/mol. The van der Waals surface area contributed by atoms with Gasteiger partial charge in [-0.25, -0.2) is 4.68 Å². The van der Waals surface area contributed by atoms with Crippen molar-refractivity contribution in [2.24, 2.45) is 0 Å². The molecular weight excluding hydrogens is 529 g/mol. The van der Waals surface area contributed by atoms with E-state index in [9.17, 15) is 18.0 Å². The molecule has 2 aliphatic rings. The largest absolute Gasteiger partial charge is 0.416 e. The van der Waals surface area contributed by atoms with Gasteiger partial charge in [-0.3, -0.25) is 9.69 Å². The summed E-state index contributed by atoms with van der Waals surface area (Å²) < 4.78 is 40.4. The standard InChI is InChI=1S/C28H28ClF3N6O/c1-20-26(27(39)36-15-13-35(14-16-36)17-21-4-8-24(29)9-5-21)38(34-33-20)19-22-3-2-12-37(18-22)25-10-6-23(7-11-25)28(30,31)32/h2-11,18H,12-17,19H2,1H3. The van der Waals surface area contributed by atoms with Gasteiger partial charge in [0.15, 0.2) is 0 Å². The SMILES string of the molecule is Cc1nnn(CC2=CN(c3ccc(C(F)(F)F)cc3)CC=C2)c1C(=O)N1CCN(Cc2ccc(Cl)cc2)CC1. The number of carbonyl (C=O) groups excluding carboxylic acids is 1. The van der Waals surface area contributed by atoms with Crippen molar-refractivity contribution in [2.45, 2.75) is 26.2 Å². The van der Waals surface area contributed by atoms with Gasteiger partial charge in [0, 0.05) is 56.2 Å². The number of nitrogens with zero attached hydrogens (tertiary/aromatic N) is 6. The molecule has 0 unspecified atom stereocenters. The maximum Gasteiger partial charge on any atom is 0.416 e. The Labute approximate surface area is 229 Å². The number of alkyl halides is 3. The van der Waals surface area contributed by atoms with Crippen LogP contribution in [0.4, 0.5) is 18.9 Å². The van der Waals surface area contributed by atoms with Crippen molar-refractivity contribution in [2.75, 3.05) is 37.6 Å². The zero-order valence-electron chi connectivity index (χ0n) is 21.4. The molecule has 0 saturated carbocycles. The first-order valence-electron chi connectivity index (χ1n) is 12.6. The van der Waals surface area contributed by atoms with E-state index in [0.29, 0.717) is 48.3 Å². The third kappa shape index (κ3) is 6.34. The van der Waals surface area contributed by atoms with E-state index < -0.39 is 11.7 Å². The third-order valence-corrected chi connectivity index (χ3v) is 7.15. The summed E-state index contributed by atoms with van der Waals surface area (Å²) in [5.41, 5.74) is 3.00. The molecule has 1 fully saturated rings. The summed E-state index contributed by atoms with van der Waals surface area (Å²) in [5, 5.41) is 9.09. The fourth-order valence-corrected chi connectivity index (χ4v) is 4.91. The quantitative estimate of drug-likeness (QED) is 0.419. The van der Waals surface area contributed by atoms with Crippen molar-refractivity contribution in [3.8, 4) is 0 Å². The summed E-state index contributed by atoms with van der Waals surface area (Å²) >= 11 is 5.98. The van der Waals surface area contributed by atoms with Gasteiger partial charge in [0.05, 0.1) is 17.8 Å². The number of halogens is 4. The first kappa shape index (κ1) is 27.0. The number of carbonyl (C=O) groups is 1. The average Bonchev–Trinajstić information content (AvgIpc) is 3.29. The van der Waals surface area contributed by atoms with Gasteiger partial charge in [-0.2, -0.15) is 13.2 Å². The molecule has 2 aliphatic heterocycles. The van der Waals surface area contributed by atoms with Crippen LogP contribution in [0.5, 0.6) is 0 Å². The minimum absolute atomic E-state index is 0.108. The topological polar surface area (TPSA) is 57.5 Å². The van der Waals surface area contributed by atoms with Crippen LogP contribution in [0.3, 0.4) is 0 Å². The van der Waals surface area contributed by atoms with Crippen LogP contribution in [-0.4, -0.2) is 63.4 Å². The number of hydrogen-bond donors (Lipinski definition) is 0. The molecule has 204 valence electrons. The molecule has 1 saturated heterocycles. The van der Waals surface area contributed by atoms with Gasteiger partial charge in [0.25, 0.3) is 5.91 Å². The first-order chi connectivity index (χ1) is 18.7. The van der Waals surface area contributed by atoms with E-state index in [1.807, 2.05) is 52.4 Å². The van der Waals surface area contributed by atoms with Crippen LogP contribution >= 0.6 is 11.6 Å². The number of benzene rings is 2. The van der Waals surface area contributed by atoms with Crippen molar-refractivity contribution in [3.63, 3.8) is 0 Å². The van der Waals surface area contributed by atoms with E-state index in [4.69, 9.17) is 11.6 Å². The molecule has 0 radical (unpaired) electrons. The predicted molar refractivity (Wildman–Crippen MR) is 143 cm³/mol. The Kier molecular flexibility index (Phi) is 7.76.